The maximum absolute atomic E-state index is 13.6. The predicted molar refractivity (Wildman–Crippen MR) is 171 cm³/mol. The number of hydrogen-bond donors (Lipinski definition) is 1. The second kappa shape index (κ2) is 12.2. The van der Waals surface area contributed by atoms with Gasteiger partial charge in [0, 0.05) is 46.5 Å². The number of aryl methyl sites for hydroxylation is 1. The van der Waals surface area contributed by atoms with Gasteiger partial charge in [0.05, 0.1) is 16.6 Å². The highest BCUT2D eigenvalue weighted by molar-refractivity contribution is 7.93. The number of pyridine rings is 1. The van der Waals surface area contributed by atoms with E-state index in [9.17, 15) is 13.2 Å². The molecule has 4 heterocycles. The van der Waals surface area contributed by atoms with E-state index in [0.717, 1.165) is 30.0 Å². The summed E-state index contributed by atoms with van der Waals surface area (Å²) in [4.78, 5) is 29.1. The van der Waals surface area contributed by atoms with Gasteiger partial charge in [0.2, 0.25) is 15.8 Å². The molecule has 1 aliphatic rings. The van der Waals surface area contributed by atoms with Crippen molar-refractivity contribution in [3.05, 3.63) is 87.4 Å². The molecule has 0 radical (unpaired) electrons. The number of sulfone groups is 1. The Bertz CT molecular complexity index is 1940. The molecule has 0 spiro atoms. The van der Waals surface area contributed by atoms with Gasteiger partial charge in [-0.15, -0.1) is 11.3 Å². The lowest BCUT2D eigenvalue weighted by Gasteiger charge is -2.29. The standard InChI is InChI=1S/C31H31ClN6O3S2/c1-3-38-29-22(14-26(30(38)39)25-11-10-24(15-27(25)32)43(40,41)28-17-33-19-42-28)16-34-31(36-29)35-23-8-6-20(7-9-23)13-21-5-4-12-37(2)18-21/h6-11,14-17,19,21H,3-5,12-13,18H2,1-2H3,(H,34,35,36). The summed E-state index contributed by atoms with van der Waals surface area (Å²) < 4.78 is 27.6. The van der Waals surface area contributed by atoms with Gasteiger partial charge in [0.25, 0.3) is 5.56 Å². The number of benzene rings is 2. The third-order valence-corrected chi connectivity index (χ3v) is 11.1. The van der Waals surface area contributed by atoms with Crippen LogP contribution in [-0.2, 0) is 22.8 Å². The van der Waals surface area contributed by atoms with Crippen LogP contribution in [0.4, 0.5) is 11.6 Å². The molecule has 43 heavy (non-hydrogen) atoms. The van der Waals surface area contributed by atoms with Crippen molar-refractivity contribution < 1.29 is 8.42 Å². The van der Waals surface area contributed by atoms with Crippen molar-refractivity contribution in [1.29, 1.82) is 0 Å². The lowest BCUT2D eigenvalue weighted by Crippen LogP contribution is -2.32. The number of thiazole rings is 1. The zero-order valence-corrected chi connectivity index (χ0v) is 26.2. The first kappa shape index (κ1) is 29.4. The molecule has 6 rings (SSSR count). The van der Waals surface area contributed by atoms with Gasteiger partial charge in [0.1, 0.15) is 9.86 Å². The second-order valence-corrected chi connectivity index (χ2v) is 14.3. The number of likely N-dealkylation sites (tertiary alicyclic amines) is 1. The Morgan fingerprint density at radius 3 is 2.60 bits per heavy atom. The molecule has 1 aliphatic heterocycles. The Morgan fingerprint density at radius 1 is 1.09 bits per heavy atom. The molecule has 0 amide bonds. The van der Waals surface area contributed by atoms with Crippen molar-refractivity contribution in [3.8, 4) is 11.1 Å². The lowest BCUT2D eigenvalue weighted by atomic mass is 9.91. The summed E-state index contributed by atoms with van der Waals surface area (Å²) in [6, 6.07) is 14.4. The number of aromatic nitrogens is 4. The Morgan fingerprint density at radius 2 is 1.91 bits per heavy atom. The van der Waals surface area contributed by atoms with Gasteiger partial charge >= 0.3 is 0 Å². The third kappa shape index (κ3) is 6.08. The van der Waals surface area contributed by atoms with Crippen LogP contribution in [0.15, 0.2) is 80.3 Å². The smallest absolute Gasteiger partial charge is 0.260 e. The first-order valence-corrected chi connectivity index (χ1v) is 16.9. The number of nitrogens with one attached hydrogen (secondary N) is 1. The van der Waals surface area contributed by atoms with E-state index in [2.05, 4.69) is 44.3 Å². The minimum absolute atomic E-state index is 0.0378. The fraction of sp³-hybridized carbons (Fsp3) is 0.290. The van der Waals surface area contributed by atoms with E-state index < -0.39 is 9.84 Å². The van der Waals surface area contributed by atoms with Crippen LogP contribution in [-0.4, -0.2) is 53.0 Å². The molecule has 1 unspecified atom stereocenters. The average Bonchev–Trinajstić information content (AvgIpc) is 3.55. The first-order chi connectivity index (χ1) is 20.7. The molecule has 12 heteroatoms. The maximum Gasteiger partial charge on any atom is 0.260 e. The van der Waals surface area contributed by atoms with Crippen LogP contribution in [0.3, 0.4) is 0 Å². The van der Waals surface area contributed by atoms with Crippen molar-refractivity contribution in [2.24, 2.45) is 5.92 Å². The van der Waals surface area contributed by atoms with Gasteiger partial charge in [-0.1, -0.05) is 29.8 Å². The zero-order valence-electron chi connectivity index (χ0n) is 23.8. The number of rotatable bonds is 8. The highest BCUT2D eigenvalue weighted by Gasteiger charge is 2.22. The quantitative estimate of drug-likeness (QED) is 0.220. The second-order valence-electron chi connectivity index (χ2n) is 10.8. The van der Waals surface area contributed by atoms with Crippen LogP contribution in [0.2, 0.25) is 5.02 Å². The lowest BCUT2D eigenvalue weighted by molar-refractivity contribution is 0.209. The molecule has 3 aromatic heterocycles. The summed E-state index contributed by atoms with van der Waals surface area (Å²) in [5.41, 5.74) is 4.62. The minimum atomic E-state index is -3.76. The molecule has 0 bridgehead atoms. The molecule has 1 fully saturated rings. The zero-order chi connectivity index (χ0) is 30.1. The fourth-order valence-electron chi connectivity index (χ4n) is 5.67. The monoisotopic (exact) mass is 634 g/mol. The van der Waals surface area contributed by atoms with Gasteiger partial charge in [-0.3, -0.25) is 14.3 Å². The van der Waals surface area contributed by atoms with E-state index >= 15 is 0 Å². The molecule has 2 aromatic carbocycles. The first-order valence-electron chi connectivity index (χ1n) is 14.1. The normalized spacial score (nSPS) is 16.0. The van der Waals surface area contributed by atoms with Crippen LogP contribution in [0, 0.1) is 5.92 Å². The highest BCUT2D eigenvalue weighted by atomic mass is 35.5. The number of piperidine rings is 1. The summed E-state index contributed by atoms with van der Waals surface area (Å²) in [5, 5.41) is 4.08. The Labute approximate surface area is 259 Å². The number of hydrogen-bond acceptors (Lipinski definition) is 9. The third-order valence-electron chi connectivity index (χ3n) is 7.82. The molecule has 9 nitrogen and oxygen atoms in total. The Hall–Kier alpha value is -3.64. The van der Waals surface area contributed by atoms with E-state index in [1.807, 2.05) is 19.1 Å². The molecule has 1 saturated heterocycles. The van der Waals surface area contributed by atoms with E-state index in [1.54, 1.807) is 22.9 Å². The Kier molecular flexibility index (Phi) is 8.32. The van der Waals surface area contributed by atoms with Crippen molar-refractivity contribution in [3.63, 3.8) is 0 Å². The topological polar surface area (TPSA) is 110 Å². The molecule has 1 N–H and O–H groups in total. The van der Waals surface area contributed by atoms with Gasteiger partial charge in [-0.2, -0.15) is 4.98 Å². The summed E-state index contributed by atoms with van der Waals surface area (Å²) in [6.07, 6.45) is 6.56. The molecule has 1 atom stereocenters. The maximum atomic E-state index is 13.6. The van der Waals surface area contributed by atoms with E-state index in [-0.39, 0.29) is 19.7 Å². The summed E-state index contributed by atoms with van der Waals surface area (Å²) >= 11 is 7.60. The van der Waals surface area contributed by atoms with Crippen molar-refractivity contribution >= 4 is 55.4 Å². The number of fused-ring (bicyclic) bond motifs is 1. The van der Waals surface area contributed by atoms with E-state index in [4.69, 9.17) is 11.6 Å². The summed E-state index contributed by atoms with van der Waals surface area (Å²) in [6.45, 7) is 4.56. The van der Waals surface area contributed by atoms with E-state index in [0.29, 0.717) is 40.6 Å². The largest absolute Gasteiger partial charge is 0.324 e. The van der Waals surface area contributed by atoms with Crippen LogP contribution in [0.25, 0.3) is 22.2 Å². The molecule has 222 valence electrons. The van der Waals surface area contributed by atoms with Crippen LogP contribution < -0.4 is 10.9 Å². The predicted octanol–water partition coefficient (Wildman–Crippen LogP) is 6.05. The molecule has 0 saturated carbocycles. The molecule has 5 aromatic rings. The Balaban J connectivity index is 1.26. The van der Waals surface area contributed by atoms with Gasteiger partial charge in [-0.25, -0.2) is 13.4 Å². The summed E-state index contributed by atoms with van der Waals surface area (Å²) in [5.74, 6) is 1.07. The van der Waals surface area contributed by atoms with Crippen LogP contribution in [0.1, 0.15) is 25.3 Å². The average molecular weight is 635 g/mol. The van der Waals surface area contributed by atoms with Crippen LogP contribution in [0.5, 0.6) is 0 Å². The molecular weight excluding hydrogens is 604 g/mol. The highest BCUT2D eigenvalue weighted by Crippen LogP contribution is 2.33. The minimum Gasteiger partial charge on any atom is -0.324 e. The SMILES string of the molecule is CCn1c(=O)c(-c2ccc(S(=O)(=O)c3cncs3)cc2Cl)cc2cnc(Nc3ccc(CC4CCCN(C)C4)cc3)nc21. The number of halogens is 1. The fourth-order valence-corrected chi connectivity index (χ4v) is 8.24. The molecule has 0 aliphatic carbocycles. The van der Waals surface area contributed by atoms with Crippen molar-refractivity contribution in [1.82, 2.24) is 24.4 Å². The van der Waals surface area contributed by atoms with E-state index in [1.165, 1.54) is 48.8 Å². The van der Waals surface area contributed by atoms with Gasteiger partial charge in [0.15, 0.2) is 0 Å². The van der Waals surface area contributed by atoms with Gasteiger partial charge < -0.3 is 10.2 Å². The summed E-state index contributed by atoms with van der Waals surface area (Å²) in [7, 11) is -1.57. The van der Waals surface area contributed by atoms with Crippen molar-refractivity contribution in [2.75, 3.05) is 25.5 Å². The number of nitrogens with zero attached hydrogens (tertiary/aromatic N) is 5. The molecular formula is C31H31ClN6O3S2. The van der Waals surface area contributed by atoms with Gasteiger partial charge in [-0.05, 0) is 81.6 Å². The van der Waals surface area contributed by atoms with Crippen molar-refractivity contribution in [2.45, 2.75) is 41.8 Å². The number of anilines is 2. The van der Waals surface area contributed by atoms with Crippen LogP contribution >= 0.6 is 22.9 Å².